The average Bonchev–Trinajstić information content (AvgIpc) is 2.82. The fraction of sp³-hybridized carbons (Fsp3) is 0.538. The summed E-state index contributed by atoms with van der Waals surface area (Å²) in [5.41, 5.74) is 2.45. The van der Waals surface area contributed by atoms with Crippen LogP contribution in [0.4, 0.5) is 5.69 Å². The normalized spacial score (nSPS) is 16.4. The van der Waals surface area contributed by atoms with Gasteiger partial charge in [0, 0.05) is 24.8 Å². The van der Waals surface area contributed by atoms with Crippen molar-refractivity contribution in [1.29, 1.82) is 0 Å². The second-order valence-electron chi connectivity index (χ2n) is 4.22. The van der Waals surface area contributed by atoms with Gasteiger partial charge < -0.3 is 10.1 Å². The molecule has 0 amide bonds. The van der Waals surface area contributed by atoms with E-state index in [-0.39, 0.29) is 0 Å². The van der Waals surface area contributed by atoms with Gasteiger partial charge in [0.1, 0.15) is 5.75 Å². The van der Waals surface area contributed by atoms with Crippen LogP contribution < -0.4 is 10.1 Å². The van der Waals surface area contributed by atoms with Crippen molar-refractivity contribution in [2.24, 2.45) is 0 Å². The molecule has 3 nitrogen and oxygen atoms in total. The van der Waals surface area contributed by atoms with Crippen molar-refractivity contribution in [2.75, 3.05) is 32.6 Å². The Balaban J connectivity index is 2.21. The number of ether oxygens (including phenoxy) is 1. The number of methoxy groups -OCH3 is 1. The maximum absolute atomic E-state index is 5.43. The molecule has 1 N–H and O–H groups in total. The predicted octanol–water partition coefficient (Wildman–Crippen LogP) is 2.33. The molecule has 2 rings (SSSR count). The SMILES string of the molecule is CNc1cccc(OC)c1CN1CCCC1. The lowest BCUT2D eigenvalue weighted by Crippen LogP contribution is -2.19. The minimum Gasteiger partial charge on any atom is -0.496 e. The Labute approximate surface area is 97.4 Å². The summed E-state index contributed by atoms with van der Waals surface area (Å²) < 4.78 is 5.43. The zero-order valence-electron chi connectivity index (χ0n) is 10.1. The van der Waals surface area contributed by atoms with Gasteiger partial charge in [0.05, 0.1) is 7.11 Å². The molecule has 0 spiro atoms. The van der Waals surface area contributed by atoms with Crippen LogP contribution in [0.25, 0.3) is 0 Å². The van der Waals surface area contributed by atoms with Crippen LogP contribution in [-0.4, -0.2) is 32.1 Å². The zero-order chi connectivity index (χ0) is 11.4. The molecule has 0 aromatic heterocycles. The number of hydrogen-bond acceptors (Lipinski definition) is 3. The molecule has 1 aromatic rings. The van der Waals surface area contributed by atoms with Gasteiger partial charge in [0.15, 0.2) is 0 Å². The zero-order valence-corrected chi connectivity index (χ0v) is 10.1. The molecule has 1 fully saturated rings. The number of hydrogen-bond donors (Lipinski definition) is 1. The monoisotopic (exact) mass is 220 g/mol. The highest BCUT2D eigenvalue weighted by molar-refractivity contribution is 5.57. The molecule has 88 valence electrons. The Morgan fingerprint density at radius 3 is 2.69 bits per heavy atom. The van der Waals surface area contributed by atoms with E-state index >= 15 is 0 Å². The van der Waals surface area contributed by atoms with E-state index in [4.69, 9.17) is 4.74 Å². The maximum atomic E-state index is 5.43. The molecule has 1 aliphatic rings. The summed E-state index contributed by atoms with van der Waals surface area (Å²) in [4.78, 5) is 2.48. The van der Waals surface area contributed by atoms with Gasteiger partial charge in [-0.25, -0.2) is 0 Å². The third kappa shape index (κ3) is 2.30. The fourth-order valence-corrected chi connectivity index (χ4v) is 2.32. The van der Waals surface area contributed by atoms with Crippen molar-refractivity contribution in [3.05, 3.63) is 23.8 Å². The lowest BCUT2D eigenvalue weighted by Gasteiger charge is -2.19. The van der Waals surface area contributed by atoms with E-state index in [1.54, 1.807) is 7.11 Å². The van der Waals surface area contributed by atoms with Gasteiger partial charge in [-0.15, -0.1) is 0 Å². The van der Waals surface area contributed by atoms with Gasteiger partial charge in [-0.05, 0) is 38.1 Å². The number of nitrogens with zero attached hydrogens (tertiary/aromatic N) is 1. The van der Waals surface area contributed by atoms with E-state index in [1.807, 2.05) is 19.2 Å². The van der Waals surface area contributed by atoms with Crippen LogP contribution in [0.1, 0.15) is 18.4 Å². The summed E-state index contributed by atoms with van der Waals surface area (Å²) in [5.74, 6) is 0.985. The first kappa shape index (κ1) is 11.3. The predicted molar refractivity (Wildman–Crippen MR) is 67.1 cm³/mol. The second kappa shape index (κ2) is 5.21. The van der Waals surface area contributed by atoms with Crippen LogP contribution in [0.15, 0.2) is 18.2 Å². The van der Waals surface area contributed by atoms with Gasteiger partial charge in [0.2, 0.25) is 0 Å². The summed E-state index contributed by atoms with van der Waals surface area (Å²) in [6.45, 7) is 3.41. The molecule has 1 aliphatic heterocycles. The molecule has 1 saturated heterocycles. The molecule has 0 bridgehead atoms. The van der Waals surface area contributed by atoms with Gasteiger partial charge >= 0.3 is 0 Å². The number of rotatable bonds is 4. The summed E-state index contributed by atoms with van der Waals surface area (Å²) in [5, 5.41) is 3.24. The average molecular weight is 220 g/mol. The van der Waals surface area contributed by atoms with E-state index in [2.05, 4.69) is 16.3 Å². The Hall–Kier alpha value is -1.22. The van der Waals surface area contributed by atoms with Crippen LogP contribution in [0.3, 0.4) is 0 Å². The highest BCUT2D eigenvalue weighted by Crippen LogP contribution is 2.28. The number of likely N-dealkylation sites (tertiary alicyclic amines) is 1. The van der Waals surface area contributed by atoms with Crippen molar-refractivity contribution in [2.45, 2.75) is 19.4 Å². The summed E-state index contributed by atoms with van der Waals surface area (Å²) in [6, 6.07) is 6.16. The Bertz CT molecular complexity index is 324. The smallest absolute Gasteiger partial charge is 0.125 e. The minimum absolute atomic E-state index is 0.985. The van der Waals surface area contributed by atoms with E-state index in [0.29, 0.717) is 0 Å². The first-order chi connectivity index (χ1) is 7.85. The first-order valence-corrected chi connectivity index (χ1v) is 5.91. The molecule has 3 heteroatoms. The van der Waals surface area contributed by atoms with E-state index in [1.165, 1.54) is 37.2 Å². The van der Waals surface area contributed by atoms with Crippen LogP contribution in [0.2, 0.25) is 0 Å². The van der Waals surface area contributed by atoms with Crippen LogP contribution in [0.5, 0.6) is 5.75 Å². The van der Waals surface area contributed by atoms with E-state index in [0.717, 1.165) is 12.3 Å². The van der Waals surface area contributed by atoms with Crippen LogP contribution in [-0.2, 0) is 6.54 Å². The third-order valence-electron chi connectivity index (χ3n) is 3.20. The van der Waals surface area contributed by atoms with Crippen molar-refractivity contribution >= 4 is 5.69 Å². The summed E-state index contributed by atoms with van der Waals surface area (Å²) in [6.07, 6.45) is 2.65. The van der Waals surface area contributed by atoms with Gasteiger partial charge in [-0.3, -0.25) is 4.90 Å². The standard InChI is InChI=1S/C13H20N2O/c1-14-12-6-5-7-13(16-2)11(12)10-15-8-3-4-9-15/h5-7,14H,3-4,8-10H2,1-2H3. The lowest BCUT2D eigenvalue weighted by molar-refractivity contribution is 0.321. The van der Waals surface area contributed by atoms with Crippen LogP contribution >= 0.6 is 0 Å². The van der Waals surface area contributed by atoms with Gasteiger partial charge in [0.25, 0.3) is 0 Å². The topological polar surface area (TPSA) is 24.5 Å². The second-order valence-corrected chi connectivity index (χ2v) is 4.22. The molecule has 1 heterocycles. The largest absolute Gasteiger partial charge is 0.496 e. The molecule has 0 aliphatic carbocycles. The van der Waals surface area contributed by atoms with Crippen molar-refractivity contribution in [1.82, 2.24) is 4.90 Å². The first-order valence-electron chi connectivity index (χ1n) is 5.91. The summed E-state index contributed by atoms with van der Waals surface area (Å²) in [7, 11) is 3.70. The molecule has 16 heavy (non-hydrogen) atoms. The molecule has 0 unspecified atom stereocenters. The minimum atomic E-state index is 0.985. The highest BCUT2D eigenvalue weighted by Gasteiger charge is 2.16. The fourth-order valence-electron chi connectivity index (χ4n) is 2.32. The van der Waals surface area contributed by atoms with Crippen molar-refractivity contribution < 1.29 is 4.74 Å². The number of nitrogens with one attached hydrogen (secondary N) is 1. The van der Waals surface area contributed by atoms with Gasteiger partial charge in [-0.1, -0.05) is 6.07 Å². The quantitative estimate of drug-likeness (QED) is 0.843. The molecular weight excluding hydrogens is 200 g/mol. The molecular formula is C13H20N2O. The number of anilines is 1. The third-order valence-corrected chi connectivity index (χ3v) is 3.20. The maximum Gasteiger partial charge on any atom is 0.125 e. The van der Waals surface area contributed by atoms with Gasteiger partial charge in [-0.2, -0.15) is 0 Å². The Morgan fingerprint density at radius 1 is 1.31 bits per heavy atom. The number of benzene rings is 1. The van der Waals surface area contributed by atoms with Crippen molar-refractivity contribution in [3.63, 3.8) is 0 Å². The van der Waals surface area contributed by atoms with E-state index < -0.39 is 0 Å². The Morgan fingerprint density at radius 2 is 2.06 bits per heavy atom. The van der Waals surface area contributed by atoms with Crippen molar-refractivity contribution in [3.8, 4) is 5.75 Å². The molecule has 0 saturated carbocycles. The summed E-state index contributed by atoms with van der Waals surface area (Å²) >= 11 is 0. The van der Waals surface area contributed by atoms with E-state index in [9.17, 15) is 0 Å². The van der Waals surface area contributed by atoms with Crippen LogP contribution in [0, 0.1) is 0 Å². The lowest BCUT2D eigenvalue weighted by atomic mass is 10.1. The highest BCUT2D eigenvalue weighted by atomic mass is 16.5. The Kier molecular flexibility index (Phi) is 3.67. The molecule has 0 atom stereocenters. The molecule has 0 radical (unpaired) electrons. The molecule has 1 aromatic carbocycles.